The van der Waals surface area contributed by atoms with Gasteiger partial charge in [0.1, 0.15) is 11.9 Å². The number of ether oxygens (including phenoxy) is 2. The van der Waals surface area contributed by atoms with Crippen molar-refractivity contribution in [2.45, 2.75) is 37.3 Å². The summed E-state index contributed by atoms with van der Waals surface area (Å²) in [6, 6.07) is 6.22. The highest BCUT2D eigenvalue weighted by atomic mass is 16.5. The summed E-state index contributed by atoms with van der Waals surface area (Å²) in [6.07, 6.45) is 4.55. The molecule has 1 aromatic heterocycles. The third kappa shape index (κ3) is 3.37. The van der Waals surface area contributed by atoms with Gasteiger partial charge in [-0.15, -0.1) is 0 Å². The van der Waals surface area contributed by atoms with Gasteiger partial charge >= 0.3 is 0 Å². The number of methoxy groups -OCH3 is 1. The lowest BCUT2D eigenvalue weighted by Crippen LogP contribution is -2.50. The van der Waals surface area contributed by atoms with Gasteiger partial charge in [-0.2, -0.15) is 0 Å². The number of rotatable bonds is 4. The molecule has 4 rings (SSSR count). The number of H-pyrrole nitrogens is 1. The van der Waals surface area contributed by atoms with Crippen molar-refractivity contribution in [2.24, 2.45) is 0 Å². The summed E-state index contributed by atoms with van der Waals surface area (Å²) >= 11 is 0. The molecule has 0 bridgehead atoms. The Morgan fingerprint density at radius 1 is 1.36 bits per heavy atom. The van der Waals surface area contributed by atoms with Gasteiger partial charge in [0.25, 0.3) is 0 Å². The monoisotopic (exact) mass is 343 g/mol. The SMILES string of the molecule is COc1ccc2[nH]cc([C@@H]3CNC[C@H](NC(=O)[C@@H]4CCCO4)C3)c2c1. The standard InChI is InChI=1S/C19H25N3O3/c1-24-14-4-5-17-15(8-14)16(11-21-17)12-7-13(10-20-9-12)22-19(23)18-3-2-6-25-18/h4-5,8,11-13,18,20-21H,2-3,6-7,9-10H2,1H3,(H,22,23)/t12-,13+,18-/m0/s1. The van der Waals surface area contributed by atoms with Gasteiger partial charge in [0.05, 0.1) is 7.11 Å². The molecule has 2 aliphatic heterocycles. The van der Waals surface area contributed by atoms with Crippen molar-refractivity contribution in [2.75, 3.05) is 26.8 Å². The van der Waals surface area contributed by atoms with Crippen LogP contribution in [0.5, 0.6) is 5.75 Å². The minimum Gasteiger partial charge on any atom is -0.497 e. The number of hydrogen-bond donors (Lipinski definition) is 3. The number of amides is 1. The van der Waals surface area contributed by atoms with Crippen LogP contribution < -0.4 is 15.4 Å². The van der Waals surface area contributed by atoms with Gasteiger partial charge in [0, 0.05) is 48.8 Å². The molecule has 6 nitrogen and oxygen atoms in total. The van der Waals surface area contributed by atoms with Gasteiger partial charge in [-0.3, -0.25) is 4.79 Å². The molecule has 25 heavy (non-hydrogen) atoms. The minimum absolute atomic E-state index is 0.0329. The van der Waals surface area contributed by atoms with Crippen molar-refractivity contribution in [1.29, 1.82) is 0 Å². The van der Waals surface area contributed by atoms with E-state index in [1.807, 2.05) is 12.1 Å². The van der Waals surface area contributed by atoms with E-state index in [2.05, 4.69) is 27.9 Å². The Kier molecular flexibility index (Phi) is 4.63. The lowest BCUT2D eigenvalue weighted by Gasteiger charge is -2.31. The average Bonchev–Trinajstić information content (AvgIpc) is 3.31. The summed E-state index contributed by atoms with van der Waals surface area (Å²) in [5.41, 5.74) is 2.39. The van der Waals surface area contributed by atoms with Crippen molar-refractivity contribution >= 4 is 16.8 Å². The van der Waals surface area contributed by atoms with Crippen LogP contribution in [0, 0.1) is 0 Å². The fourth-order valence-corrected chi connectivity index (χ4v) is 3.95. The van der Waals surface area contributed by atoms with Crippen LogP contribution >= 0.6 is 0 Å². The first-order valence-corrected chi connectivity index (χ1v) is 9.02. The second-order valence-corrected chi connectivity index (χ2v) is 6.95. The van der Waals surface area contributed by atoms with Gasteiger partial charge in [0.2, 0.25) is 5.91 Å². The third-order valence-corrected chi connectivity index (χ3v) is 5.28. The summed E-state index contributed by atoms with van der Waals surface area (Å²) in [7, 11) is 1.69. The first-order valence-electron chi connectivity index (χ1n) is 9.02. The lowest BCUT2D eigenvalue weighted by molar-refractivity contribution is -0.130. The fraction of sp³-hybridized carbons (Fsp3) is 0.526. The zero-order valence-electron chi connectivity index (χ0n) is 14.5. The Morgan fingerprint density at radius 2 is 2.28 bits per heavy atom. The predicted molar refractivity (Wildman–Crippen MR) is 96.0 cm³/mol. The van der Waals surface area contributed by atoms with Crippen LogP contribution in [0.3, 0.4) is 0 Å². The van der Waals surface area contributed by atoms with Crippen LogP contribution in [-0.4, -0.2) is 49.8 Å². The van der Waals surface area contributed by atoms with E-state index in [1.54, 1.807) is 7.11 Å². The summed E-state index contributed by atoms with van der Waals surface area (Å²) in [4.78, 5) is 15.7. The van der Waals surface area contributed by atoms with Crippen molar-refractivity contribution in [1.82, 2.24) is 15.6 Å². The van der Waals surface area contributed by atoms with Crippen molar-refractivity contribution in [3.63, 3.8) is 0 Å². The molecular formula is C19H25N3O3. The largest absolute Gasteiger partial charge is 0.497 e. The molecule has 2 aliphatic rings. The van der Waals surface area contributed by atoms with Gasteiger partial charge < -0.3 is 25.1 Å². The summed E-state index contributed by atoms with van der Waals surface area (Å²) in [5.74, 6) is 1.25. The maximum absolute atomic E-state index is 12.3. The number of carbonyl (C=O) groups excluding carboxylic acids is 1. The Labute approximate surface area is 147 Å². The first kappa shape index (κ1) is 16.4. The number of benzene rings is 1. The van der Waals surface area contributed by atoms with Gasteiger partial charge in [-0.25, -0.2) is 0 Å². The maximum atomic E-state index is 12.3. The van der Waals surface area contributed by atoms with Crippen LogP contribution in [0.4, 0.5) is 0 Å². The second kappa shape index (κ2) is 7.06. The van der Waals surface area contributed by atoms with E-state index in [-0.39, 0.29) is 18.1 Å². The minimum atomic E-state index is -0.266. The van der Waals surface area contributed by atoms with E-state index in [1.165, 1.54) is 10.9 Å². The number of hydrogen-bond acceptors (Lipinski definition) is 4. The Balaban J connectivity index is 1.48. The second-order valence-electron chi connectivity index (χ2n) is 6.95. The van der Waals surface area contributed by atoms with E-state index in [9.17, 15) is 4.79 Å². The number of nitrogens with one attached hydrogen (secondary N) is 3. The highest BCUT2D eigenvalue weighted by Crippen LogP contribution is 2.32. The van der Waals surface area contributed by atoms with E-state index >= 15 is 0 Å². The molecule has 6 heteroatoms. The molecule has 134 valence electrons. The van der Waals surface area contributed by atoms with Crippen LogP contribution in [0.25, 0.3) is 10.9 Å². The number of aromatic amines is 1. The van der Waals surface area contributed by atoms with Crippen molar-refractivity contribution in [3.05, 3.63) is 30.0 Å². The highest BCUT2D eigenvalue weighted by Gasteiger charge is 2.29. The van der Waals surface area contributed by atoms with Gasteiger partial charge in [-0.05, 0) is 43.0 Å². The smallest absolute Gasteiger partial charge is 0.249 e. The molecule has 0 saturated carbocycles. The van der Waals surface area contributed by atoms with Gasteiger partial charge in [-0.1, -0.05) is 0 Å². The molecule has 0 aliphatic carbocycles. The predicted octanol–water partition coefficient (Wildman–Crippen LogP) is 1.92. The van der Waals surface area contributed by atoms with Crippen LogP contribution in [0.15, 0.2) is 24.4 Å². The normalized spacial score (nSPS) is 26.7. The molecule has 3 N–H and O–H groups in total. The molecule has 1 aromatic carbocycles. The van der Waals surface area contributed by atoms with Crippen LogP contribution in [0.1, 0.15) is 30.7 Å². The lowest BCUT2D eigenvalue weighted by atomic mass is 9.88. The summed E-state index contributed by atoms with van der Waals surface area (Å²) in [5, 5.41) is 7.82. The average molecular weight is 343 g/mol. The topological polar surface area (TPSA) is 75.4 Å². The highest BCUT2D eigenvalue weighted by molar-refractivity contribution is 5.85. The maximum Gasteiger partial charge on any atom is 0.249 e. The molecular weight excluding hydrogens is 318 g/mol. The van der Waals surface area contributed by atoms with Crippen LogP contribution in [-0.2, 0) is 9.53 Å². The van der Waals surface area contributed by atoms with Crippen LogP contribution in [0.2, 0.25) is 0 Å². The third-order valence-electron chi connectivity index (χ3n) is 5.28. The number of aromatic nitrogens is 1. The van der Waals surface area contributed by atoms with E-state index in [0.29, 0.717) is 12.5 Å². The number of carbonyl (C=O) groups is 1. The van der Waals surface area contributed by atoms with E-state index in [4.69, 9.17) is 9.47 Å². The molecule has 2 fully saturated rings. The molecule has 0 radical (unpaired) electrons. The molecule has 3 heterocycles. The molecule has 0 spiro atoms. The fourth-order valence-electron chi connectivity index (χ4n) is 3.95. The molecule has 0 unspecified atom stereocenters. The molecule has 1 amide bonds. The molecule has 3 atom stereocenters. The van der Waals surface area contributed by atoms with Crippen molar-refractivity contribution in [3.8, 4) is 5.75 Å². The summed E-state index contributed by atoms with van der Waals surface area (Å²) in [6.45, 7) is 2.41. The quantitative estimate of drug-likeness (QED) is 0.793. The zero-order valence-corrected chi connectivity index (χ0v) is 14.5. The first-order chi connectivity index (χ1) is 12.2. The van der Waals surface area contributed by atoms with Gasteiger partial charge in [0.15, 0.2) is 0 Å². The van der Waals surface area contributed by atoms with E-state index in [0.717, 1.165) is 43.6 Å². The summed E-state index contributed by atoms with van der Waals surface area (Å²) < 4.78 is 10.9. The number of fused-ring (bicyclic) bond motifs is 1. The van der Waals surface area contributed by atoms with Crippen molar-refractivity contribution < 1.29 is 14.3 Å². The Hall–Kier alpha value is -2.05. The molecule has 2 saturated heterocycles. The zero-order chi connectivity index (χ0) is 17.2. The number of piperidine rings is 1. The molecule has 2 aromatic rings. The van der Waals surface area contributed by atoms with E-state index < -0.39 is 0 Å². The Morgan fingerprint density at radius 3 is 3.08 bits per heavy atom. The Bertz CT molecular complexity index is 751.